The molecule has 0 aliphatic carbocycles. The van der Waals surface area contributed by atoms with E-state index in [4.69, 9.17) is 5.11 Å². The number of nitrogens with zero attached hydrogens (tertiary/aromatic N) is 2. The number of nitro benzene ring substituents is 1. The van der Waals surface area contributed by atoms with Gasteiger partial charge in [-0.25, -0.2) is 9.78 Å². The number of carboxylic acid groups (broad SMARTS) is 1. The predicted molar refractivity (Wildman–Crippen MR) is 63.1 cm³/mol. The van der Waals surface area contributed by atoms with Crippen molar-refractivity contribution in [1.82, 2.24) is 4.98 Å². The Morgan fingerprint density at radius 3 is 2.76 bits per heavy atom. The number of hydrogen-bond acceptors (Lipinski definition) is 4. The van der Waals surface area contributed by atoms with Crippen LogP contribution in [-0.4, -0.2) is 21.0 Å². The Kier molecular flexibility index (Phi) is 2.76. The molecule has 7 heteroatoms. The van der Waals surface area contributed by atoms with Crippen molar-refractivity contribution < 1.29 is 14.8 Å². The van der Waals surface area contributed by atoms with Gasteiger partial charge >= 0.3 is 5.97 Å². The quantitative estimate of drug-likeness (QED) is 0.522. The van der Waals surface area contributed by atoms with E-state index in [2.05, 4.69) is 20.9 Å². The van der Waals surface area contributed by atoms with Gasteiger partial charge in [-0.3, -0.25) is 10.1 Å². The lowest BCUT2D eigenvalue weighted by atomic mass is 10.1. The van der Waals surface area contributed by atoms with Gasteiger partial charge in [-0.15, -0.1) is 0 Å². The molecule has 0 spiro atoms. The minimum absolute atomic E-state index is 0.0226. The molecule has 0 atom stereocenters. The lowest BCUT2D eigenvalue weighted by Crippen LogP contribution is -2.00. The number of halogens is 1. The zero-order valence-corrected chi connectivity index (χ0v) is 9.84. The summed E-state index contributed by atoms with van der Waals surface area (Å²) >= 11 is 3.04. The van der Waals surface area contributed by atoms with Crippen molar-refractivity contribution in [2.45, 2.75) is 0 Å². The Balaban J connectivity index is 2.92. The van der Waals surface area contributed by atoms with E-state index in [0.29, 0.717) is 0 Å². The van der Waals surface area contributed by atoms with Gasteiger partial charge in [0.25, 0.3) is 5.69 Å². The summed E-state index contributed by atoms with van der Waals surface area (Å²) in [6.45, 7) is 0. The first-order chi connectivity index (χ1) is 8.00. The first-order valence-corrected chi connectivity index (χ1v) is 5.27. The fraction of sp³-hybridized carbons (Fsp3) is 0. The van der Waals surface area contributed by atoms with Crippen LogP contribution in [0.3, 0.4) is 0 Å². The normalized spacial score (nSPS) is 10.4. The second kappa shape index (κ2) is 4.10. The fourth-order valence-electron chi connectivity index (χ4n) is 1.53. The highest BCUT2D eigenvalue weighted by Crippen LogP contribution is 2.28. The molecule has 2 rings (SSSR count). The maximum Gasteiger partial charge on any atom is 0.336 e. The van der Waals surface area contributed by atoms with Gasteiger partial charge in [-0.1, -0.05) is 12.1 Å². The van der Waals surface area contributed by atoms with Gasteiger partial charge in [0.1, 0.15) is 10.1 Å². The molecule has 1 heterocycles. The number of carboxylic acids is 1. The first kappa shape index (κ1) is 11.5. The topological polar surface area (TPSA) is 93.3 Å². The van der Waals surface area contributed by atoms with Crippen LogP contribution >= 0.6 is 15.9 Å². The highest BCUT2D eigenvalue weighted by Gasteiger charge is 2.18. The van der Waals surface area contributed by atoms with Crippen molar-refractivity contribution in [2.75, 3.05) is 0 Å². The minimum atomic E-state index is -1.15. The average Bonchev–Trinajstić information content (AvgIpc) is 2.26. The molecule has 0 fully saturated rings. The standard InChI is InChI=1S/C10H5BrN2O4/c11-8-4-6(10(14)15)5-2-1-3-7(13(16)17)9(5)12-8/h1-4H,(H,14,15). The van der Waals surface area contributed by atoms with Crippen molar-refractivity contribution in [3.63, 3.8) is 0 Å². The van der Waals surface area contributed by atoms with Crippen molar-refractivity contribution in [2.24, 2.45) is 0 Å². The molecule has 1 aromatic carbocycles. The number of pyridine rings is 1. The van der Waals surface area contributed by atoms with E-state index < -0.39 is 10.9 Å². The second-order valence-corrected chi connectivity index (χ2v) is 4.04. The Morgan fingerprint density at radius 1 is 1.47 bits per heavy atom. The molecule has 0 bridgehead atoms. The van der Waals surface area contributed by atoms with E-state index in [0.717, 1.165) is 0 Å². The number of fused-ring (bicyclic) bond motifs is 1. The van der Waals surface area contributed by atoms with Crippen LogP contribution in [0, 0.1) is 10.1 Å². The Bertz CT molecular complexity index is 641. The van der Waals surface area contributed by atoms with E-state index in [-0.39, 0.29) is 26.8 Å². The number of non-ortho nitro benzene ring substituents is 1. The van der Waals surface area contributed by atoms with E-state index >= 15 is 0 Å². The number of para-hydroxylation sites is 1. The van der Waals surface area contributed by atoms with Crippen molar-refractivity contribution in [3.05, 3.63) is 44.5 Å². The van der Waals surface area contributed by atoms with E-state index in [9.17, 15) is 14.9 Å². The summed E-state index contributed by atoms with van der Waals surface area (Å²) in [6, 6.07) is 5.52. The van der Waals surface area contributed by atoms with Gasteiger partial charge in [0, 0.05) is 11.5 Å². The number of aromatic nitrogens is 1. The predicted octanol–water partition coefficient (Wildman–Crippen LogP) is 2.60. The number of nitro groups is 1. The van der Waals surface area contributed by atoms with Crippen LogP contribution in [0.5, 0.6) is 0 Å². The molecule has 2 aromatic rings. The SMILES string of the molecule is O=C(O)c1cc(Br)nc2c([N+](=O)[O-])cccc12. The molecule has 6 nitrogen and oxygen atoms in total. The Morgan fingerprint density at radius 2 is 2.18 bits per heavy atom. The van der Waals surface area contributed by atoms with Crippen molar-refractivity contribution in [1.29, 1.82) is 0 Å². The molecule has 1 N–H and O–H groups in total. The third-order valence-electron chi connectivity index (χ3n) is 2.21. The average molecular weight is 297 g/mol. The molecular weight excluding hydrogens is 292 g/mol. The van der Waals surface area contributed by atoms with Gasteiger partial charge in [0.2, 0.25) is 0 Å². The summed E-state index contributed by atoms with van der Waals surface area (Å²) in [5.41, 5.74) is -0.179. The molecule has 0 saturated heterocycles. The molecule has 17 heavy (non-hydrogen) atoms. The molecule has 0 unspecified atom stereocenters. The van der Waals surface area contributed by atoms with Crippen molar-refractivity contribution in [3.8, 4) is 0 Å². The van der Waals surface area contributed by atoms with E-state index in [1.807, 2.05) is 0 Å². The molecule has 1 aromatic heterocycles. The summed E-state index contributed by atoms with van der Waals surface area (Å²) in [5.74, 6) is -1.15. The highest BCUT2D eigenvalue weighted by molar-refractivity contribution is 9.10. The van der Waals surface area contributed by atoms with Crippen LogP contribution in [0.1, 0.15) is 10.4 Å². The number of benzene rings is 1. The highest BCUT2D eigenvalue weighted by atomic mass is 79.9. The maximum atomic E-state index is 11.0. The van der Waals surface area contributed by atoms with E-state index in [1.165, 1.54) is 24.3 Å². The van der Waals surface area contributed by atoms with Gasteiger partial charge in [0.15, 0.2) is 0 Å². The number of carbonyl (C=O) groups is 1. The second-order valence-electron chi connectivity index (χ2n) is 3.23. The molecule has 0 aliphatic heterocycles. The molecule has 0 radical (unpaired) electrons. The monoisotopic (exact) mass is 296 g/mol. The number of aromatic carboxylic acids is 1. The molecular formula is C10H5BrN2O4. The zero-order valence-electron chi connectivity index (χ0n) is 8.25. The largest absolute Gasteiger partial charge is 0.478 e. The summed E-state index contributed by atoms with van der Waals surface area (Å²) in [4.78, 5) is 25.2. The lowest BCUT2D eigenvalue weighted by Gasteiger charge is -2.03. The third-order valence-corrected chi connectivity index (χ3v) is 2.62. The van der Waals surface area contributed by atoms with Crippen LogP contribution in [0.4, 0.5) is 5.69 Å². The molecule has 0 aliphatic rings. The zero-order chi connectivity index (χ0) is 12.6. The summed E-state index contributed by atoms with van der Waals surface area (Å²) < 4.78 is 0.247. The summed E-state index contributed by atoms with van der Waals surface area (Å²) in [7, 11) is 0. The minimum Gasteiger partial charge on any atom is -0.478 e. The van der Waals surface area contributed by atoms with Gasteiger partial charge in [-0.05, 0) is 22.0 Å². The van der Waals surface area contributed by atoms with Crippen LogP contribution in [0.25, 0.3) is 10.9 Å². The van der Waals surface area contributed by atoms with E-state index in [1.54, 1.807) is 0 Å². The van der Waals surface area contributed by atoms with Crippen molar-refractivity contribution >= 4 is 38.5 Å². The summed E-state index contributed by atoms with van der Waals surface area (Å²) in [5, 5.41) is 20.1. The van der Waals surface area contributed by atoms with Crippen LogP contribution in [-0.2, 0) is 0 Å². The number of hydrogen-bond donors (Lipinski definition) is 1. The summed E-state index contributed by atoms with van der Waals surface area (Å²) in [6.07, 6.45) is 0. The molecule has 86 valence electrons. The Labute approximate surface area is 103 Å². The van der Waals surface area contributed by atoms with Crippen LogP contribution < -0.4 is 0 Å². The third kappa shape index (κ3) is 1.96. The van der Waals surface area contributed by atoms with Crippen LogP contribution in [0.15, 0.2) is 28.9 Å². The van der Waals surface area contributed by atoms with Gasteiger partial charge < -0.3 is 5.11 Å². The maximum absolute atomic E-state index is 11.0. The Hall–Kier alpha value is -2.02. The van der Waals surface area contributed by atoms with Gasteiger partial charge in [-0.2, -0.15) is 0 Å². The van der Waals surface area contributed by atoms with Gasteiger partial charge in [0.05, 0.1) is 10.5 Å². The first-order valence-electron chi connectivity index (χ1n) is 4.47. The van der Waals surface area contributed by atoms with Crippen LogP contribution in [0.2, 0.25) is 0 Å². The number of rotatable bonds is 2. The molecule has 0 saturated carbocycles. The molecule has 0 amide bonds. The smallest absolute Gasteiger partial charge is 0.336 e. The lowest BCUT2D eigenvalue weighted by molar-refractivity contribution is -0.383. The fourth-order valence-corrected chi connectivity index (χ4v) is 1.93.